The molecule has 84 valence electrons. The van der Waals surface area contributed by atoms with Crippen LogP contribution in [0.25, 0.3) is 0 Å². The van der Waals surface area contributed by atoms with E-state index in [0.717, 1.165) is 6.20 Å². The molecule has 1 heterocycles. The minimum Gasteiger partial charge on any atom is -0.383 e. The van der Waals surface area contributed by atoms with Gasteiger partial charge in [0.2, 0.25) is 0 Å². The first kappa shape index (κ1) is 11.8. The van der Waals surface area contributed by atoms with Crippen LogP contribution in [0, 0.1) is 0 Å². The number of nitrogens with zero attached hydrogens (tertiary/aromatic N) is 1. The van der Waals surface area contributed by atoms with Crippen molar-refractivity contribution in [2.45, 2.75) is 6.18 Å². The van der Waals surface area contributed by atoms with Crippen LogP contribution in [0.4, 0.5) is 18.9 Å². The Morgan fingerprint density at radius 1 is 1.47 bits per heavy atom. The van der Waals surface area contributed by atoms with Crippen LogP contribution in [0.15, 0.2) is 18.5 Å². The third-order valence-corrected chi connectivity index (χ3v) is 1.75. The monoisotopic (exact) mass is 220 g/mol. The predicted molar refractivity (Wildman–Crippen MR) is 49.6 cm³/mol. The molecule has 15 heavy (non-hydrogen) atoms. The van der Waals surface area contributed by atoms with Gasteiger partial charge in [0, 0.05) is 31.7 Å². The fourth-order valence-electron chi connectivity index (χ4n) is 1.06. The van der Waals surface area contributed by atoms with Crippen molar-refractivity contribution in [1.82, 2.24) is 4.98 Å². The van der Waals surface area contributed by atoms with E-state index in [9.17, 15) is 13.2 Å². The Morgan fingerprint density at radius 3 is 2.80 bits per heavy atom. The molecule has 0 radical (unpaired) electrons. The first-order valence-corrected chi connectivity index (χ1v) is 4.29. The Balaban J connectivity index is 2.78. The van der Waals surface area contributed by atoms with Gasteiger partial charge in [0.15, 0.2) is 0 Å². The number of anilines is 1. The van der Waals surface area contributed by atoms with E-state index < -0.39 is 11.7 Å². The first-order chi connectivity index (χ1) is 7.05. The average Bonchev–Trinajstić information content (AvgIpc) is 2.17. The van der Waals surface area contributed by atoms with E-state index in [4.69, 9.17) is 4.74 Å². The molecule has 1 rings (SSSR count). The van der Waals surface area contributed by atoms with Crippen LogP contribution in [0.3, 0.4) is 0 Å². The number of rotatable bonds is 4. The topological polar surface area (TPSA) is 34.1 Å². The summed E-state index contributed by atoms with van der Waals surface area (Å²) in [6, 6.07) is 1.29. The van der Waals surface area contributed by atoms with E-state index in [1.54, 1.807) is 0 Å². The van der Waals surface area contributed by atoms with Crippen molar-refractivity contribution in [3.05, 3.63) is 24.0 Å². The van der Waals surface area contributed by atoms with Crippen molar-refractivity contribution < 1.29 is 17.9 Å². The van der Waals surface area contributed by atoms with Crippen molar-refractivity contribution in [2.75, 3.05) is 25.6 Å². The zero-order valence-corrected chi connectivity index (χ0v) is 8.14. The van der Waals surface area contributed by atoms with Crippen LogP contribution in [-0.2, 0) is 10.9 Å². The molecule has 6 heteroatoms. The summed E-state index contributed by atoms with van der Waals surface area (Å²) >= 11 is 0. The van der Waals surface area contributed by atoms with Gasteiger partial charge in [-0.1, -0.05) is 0 Å². The molecule has 0 aliphatic carbocycles. The van der Waals surface area contributed by atoms with E-state index in [1.165, 1.54) is 19.4 Å². The highest BCUT2D eigenvalue weighted by Crippen LogP contribution is 2.33. The highest BCUT2D eigenvalue weighted by molar-refractivity contribution is 5.50. The Bertz CT molecular complexity index is 314. The summed E-state index contributed by atoms with van der Waals surface area (Å²) in [7, 11) is 1.49. The van der Waals surface area contributed by atoms with Gasteiger partial charge in [-0.15, -0.1) is 0 Å². The molecular weight excluding hydrogens is 209 g/mol. The molecule has 0 saturated carbocycles. The lowest BCUT2D eigenvalue weighted by atomic mass is 10.2. The molecule has 1 aromatic heterocycles. The fourth-order valence-corrected chi connectivity index (χ4v) is 1.06. The van der Waals surface area contributed by atoms with Gasteiger partial charge in [-0.05, 0) is 6.07 Å². The van der Waals surface area contributed by atoms with Crippen molar-refractivity contribution in [3.8, 4) is 0 Å². The van der Waals surface area contributed by atoms with Gasteiger partial charge in [-0.3, -0.25) is 4.98 Å². The van der Waals surface area contributed by atoms with Crippen LogP contribution in [0.2, 0.25) is 0 Å². The maximum atomic E-state index is 12.4. The second-order valence-electron chi connectivity index (χ2n) is 2.84. The number of pyridine rings is 1. The van der Waals surface area contributed by atoms with E-state index in [1.807, 2.05) is 0 Å². The van der Waals surface area contributed by atoms with E-state index in [-0.39, 0.29) is 5.69 Å². The zero-order valence-electron chi connectivity index (χ0n) is 8.14. The lowest BCUT2D eigenvalue weighted by Crippen LogP contribution is -2.14. The number of methoxy groups -OCH3 is 1. The zero-order chi connectivity index (χ0) is 11.3. The Kier molecular flexibility index (Phi) is 3.90. The van der Waals surface area contributed by atoms with Crippen LogP contribution < -0.4 is 5.32 Å². The number of aromatic nitrogens is 1. The van der Waals surface area contributed by atoms with Crippen molar-refractivity contribution in [1.29, 1.82) is 0 Å². The Labute approximate surface area is 85.3 Å². The molecule has 3 nitrogen and oxygen atoms in total. The van der Waals surface area contributed by atoms with Crippen LogP contribution in [0.1, 0.15) is 5.56 Å². The normalized spacial score (nSPS) is 11.5. The maximum absolute atomic E-state index is 12.4. The summed E-state index contributed by atoms with van der Waals surface area (Å²) in [4.78, 5) is 3.45. The summed E-state index contributed by atoms with van der Waals surface area (Å²) in [5, 5.41) is 2.64. The predicted octanol–water partition coefficient (Wildman–Crippen LogP) is 2.16. The molecule has 0 fully saturated rings. The molecule has 0 aliphatic rings. The first-order valence-electron chi connectivity index (χ1n) is 4.29. The van der Waals surface area contributed by atoms with Gasteiger partial charge in [0.25, 0.3) is 0 Å². The minimum atomic E-state index is -4.39. The van der Waals surface area contributed by atoms with E-state index in [2.05, 4.69) is 10.3 Å². The largest absolute Gasteiger partial charge is 0.419 e. The van der Waals surface area contributed by atoms with Gasteiger partial charge in [0.05, 0.1) is 12.2 Å². The fraction of sp³-hybridized carbons (Fsp3) is 0.444. The summed E-state index contributed by atoms with van der Waals surface area (Å²) in [5.41, 5.74) is -0.740. The molecule has 0 aliphatic heterocycles. The number of alkyl halides is 3. The van der Waals surface area contributed by atoms with E-state index >= 15 is 0 Å². The highest BCUT2D eigenvalue weighted by Gasteiger charge is 2.33. The minimum absolute atomic E-state index is 0.0227. The molecule has 0 unspecified atom stereocenters. The molecule has 0 bridgehead atoms. The molecule has 0 atom stereocenters. The third-order valence-electron chi connectivity index (χ3n) is 1.75. The molecule has 0 aromatic carbocycles. The summed E-state index contributed by atoms with van der Waals surface area (Å²) in [6.07, 6.45) is -2.27. The number of halogens is 3. The van der Waals surface area contributed by atoms with Gasteiger partial charge in [0.1, 0.15) is 0 Å². The second-order valence-corrected chi connectivity index (χ2v) is 2.84. The van der Waals surface area contributed by atoms with Gasteiger partial charge < -0.3 is 10.1 Å². The number of hydrogen-bond donors (Lipinski definition) is 1. The van der Waals surface area contributed by atoms with Gasteiger partial charge >= 0.3 is 6.18 Å². The number of hydrogen-bond acceptors (Lipinski definition) is 3. The summed E-state index contributed by atoms with van der Waals surface area (Å²) in [5.74, 6) is 0. The Morgan fingerprint density at radius 2 is 2.20 bits per heavy atom. The average molecular weight is 220 g/mol. The van der Waals surface area contributed by atoms with Crippen molar-refractivity contribution >= 4 is 5.69 Å². The summed E-state index contributed by atoms with van der Waals surface area (Å²) in [6.45, 7) is 0.670. The van der Waals surface area contributed by atoms with Crippen LogP contribution in [-0.4, -0.2) is 25.2 Å². The molecule has 1 aromatic rings. The quantitative estimate of drug-likeness (QED) is 0.789. The molecule has 1 N–H and O–H groups in total. The third kappa shape index (κ3) is 3.39. The molecule has 0 spiro atoms. The van der Waals surface area contributed by atoms with E-state index in [0.29, 0.717) is 13.2 Å². The van der Waals surface area contributed by atoms with Gasteiger partial charge in [-0.25, -0.2) is 0 Å². The van der Waals surface area contributed by atoms with Crippen LogP contribution >= 0.6 is 0 Å². The van der Waals surface area contributed by atoms with Gasteiger partial charge in [-0.2, -0.15) is 13.2 Å². The second kappa shape index (κ2) is 4.97. The SMILES string of the molecule is COCCNc1ccncc1C(F)(F)F. The molecule has 0 amide bonds. The lowest BCUT2D eigenvalue weighted by molar-refractivity contribution is -0.137. The lowest BCUT2D eigenvalue weighted by Gasteiger charge is -2.13. The maximum Gasteiger partial charge on any atom is 0.419 e. The number of nitrogens with one attached hydrogen (secondary N) is 1. The standard InChI is InChI=1S/C9H11F3N2O/c1-15-5-4-14-8-2-3-13-6-7(8)9(10,11)12/h2-3,6H,4-5H2,1H3,(H,13,14). The molecule has 0 saturated heterocycles. The van der Waals surface area contributed by atoms with Crippen molar-refractivity contribution in [3.63, 3.8) is 0 Å². The summed E-state index contributed by atoms with van der Waals surface area (Å²) < 4.78 is 42.1. The number of ether oxygens (including phenoxy) is 1. The molecular formula is C9H11F3N2O. The van der Waals surface area contributed by atoms with Crippen molar-refractivity contribution in [2.24, 2.45) is 0 Å². The highest BCUT2D eigenvalue weighted by atomic mass is 19.4. The smallest absolute Gasteiger partial charge is 0.383 e. The Hall–Kier alpha value is -1.30. The van der Waals surface area contributed by atoms with Crippen LogP contribution in [0.5, 0.6) is 0 Å².